The smallest absolute Gasteiger partial charge is 0.254 e. The zero-order valence-corrected chi connectivity index (χ0v) is 11.6. The Morgan fingerprint density at radius 2 is 2.28 bits per heavy atom. The summed E-state index contributed by atoms with van der Waals surface area (Å²) in [6, 6.07) is 5.39. The number of hydrogen-bond donors (Lipinski definition) is 1. The third kappa shape index (κ3) is 2.52. The fourth-order valence-electron chi connectivity index (χ4n) is 2.40. The summed E-state index contributed by atoms with van der Waals surface area (Å²) in [5, 5.41) is 0.664. The molecule has 0 aromatic heterocycles. The van der Waals surface area contributed by atoms with E-state index in [-0.39, 0.29) is 11.3 Å². The van der Waals surface area contributed by atoms with Crippen LogP contribution in [0.4, 0.5) is 0 Å². The highest BCUT2D eigenvalue weighted by atomic mass is 35.5. The largest absolute Gasteiger partial charge is 0.338 e. The van der Waals surface area contributed by atoms with Gasteiger partial charge in [-0.1, -0.05) is 18.5 Å². The number of carbonyl (C=O) groups excluding carboxylic acids is 1. The standard InChI is InChI=1S/C14H19ClN2O/c1-10-7-11(15)3-4-12(10)13(18)17-6-5-14(2,8-16)9-17/h3-4,7H,5-6,8-9,16H2,1-2H3. The van der Waals surface area contributed by atoms with Crippen molar-refractivity contribution >= 4 is 17.5 Å². The van der Waals surface area contributed by atoms with E-state index in [0.717, 1.165) is 30.6 Å². The molecule has 1 aliphatic heterocycles. The SMILES string of the molecule is Cc1cc(Cl)ccc1C(=O)N1CCC(C)(CN)C1. The Morgan fingerprint density at radius 3 is 2.83 bits per heavy atom. The number of benzene rings is 1. The third-order valence-corrected chi connectivity index (χ3v) is 3.99. The Labute approximate surface area is 113 Å². The first-order valence-electron chi connectivity index (χ1n) is 6.21. The predicted octanol–water partition coefficient (Wildman–Crippen LogP) is 2.46. The van der Waals surface area contributed by atoms with Gasteiger partial charge in [-0.05, 0) is 49.1 Å². The normalized spacial score (nSPS) is 23.4. The second-order valence-corrected chi connectivity index (χ2v) is 5.89. The molecule has 1 aliphatic rings. The molecule has 1 unspecified atom stereocenters. The molecule has 1 amide bonds. The van der Waals surface area contributed by atoms with Crippen LogP contribution in [-0.2, 0) is 0 Å². The van der Waals surface area contributed by atoms with Gasteiger partial charge in [0.2, 0.25) is 0 Å². The number of nitrogens with zero attached hydrogens (tertiary/aromatic N) is 1. The van der Waals surface area contributed by atoms with Gasteiger partial charge in [-0.25, -0.2) is 0 Å². The topological polar surface area (TPSA) is 46.3 Å². The van der Waals surface area contributed by atoms with Gasteiger partial charge >= 0.3 is 0 Å². The maximum absolute atomic E-state index is 12.4. The average molecular weight is 267 g/mol. The lowest BCUT2D eigenvalue weighted by atomic mass is 9.90. The fraction of sp³-hybridized carbons (Fsp3) is 0.500. The zero-order valence-electron chi connectivity index (χ0n) is 10.9. The Bertz CT molecular complexity index is 475. The summed E-state index contributed by atoms with van der Waals surface area (Å²) in [6.07, 6.45) is 0.974. The lowest BCUT2D eigenvalue weighted by molar-refractivity contribution is 0.0776. The molecule has 2 N–H and O–H groups in total. The first kappa shape index (κ1) is 13.4. The number of aryl methyl sites for hydroxylation is 1. The number of nitrogens with two attached hydrogens (primary N) is 1. The summed E-state index contributed by atoms with van der Waals surface area (Å²) in [4.78, 5) is 14.3. The van der Waals surface area contributed by atoms with Crippen molar-refractivity contribution in [3.05, 3.63) is 34.3 Å². The third-order valence-electron chi connectivity index (χ3n) is 3.76. The monoisotopic (exact) mass is 266 g/mol. The molecule has 3 nitrogen and oxygen atoms in total. The van der Waals surface area contributed by atoms with Gasteiger partial charge in [-0.3, -0.25) is 4.79 Å². The highest BCUT2D eigenvalue weighted by Crippen LogP contribution is 2.30. The Hall–Kier alpha value is -1.06. The second kappa shape index (κ2) is 4.90. The van der Waals surface area contributed by atoms with E-state index < -0.39 is 0 Å². The lowest BCUT2D eigenvalue weighted by Crippen LogP contribution is -2.34. The molecule has 0 aliphatic carbocycles. The van der Waals surface area contributed by atoms with Crippen LogP contribution < -0.4 is 5.73 Å². The van der Waals surface area contributed by atoms with Gasteiger partial charge in [-0.2, -0.15) is 0 Å². The van der Waals surface area contributed by atoms with Crippen LogP contribution in [0.5, 0.6) is 0 Å². The van der Waals surface area contributed by atoms with E-state index in [2.05, 4.69) is 6.92 Å². The van der Waals surface area contributed by atoms with Crippen LogP contribution in [0.25, 0.3) is 0 Å². The Morgan fingerprint density at radius 1 is 1.56 bits per heavy atom. The van der Waals surface area contributed by atoms with Crippen molar-refractivity contribution in [2.24, 2.45) is 11.1 Å². The molecule has 0 radical (unpaired) electrons. The summed E-state index contributed by atoms with van der Waals surface area (Å²) in [7, 11) is 0. The van der Waals surface area contributed by atoms with Crippen LogP contribution in [0.3, 0.4) is 0 Å². The van der Waals surface area contributed by atoms with Gasteiger partial charge < -0.3 is 10.6 Å². The van der Waals surface area contributed by atoms with Crippen LogP contribution in [0, 0.1) is 12.3 Å². The summed E-state index contributed by atoms with van der Waals surface area (Å²) < 4.78 is 0. The number of rotatable bonds is 2. The van der Waals surface area contributed by atoms with E-state index in [1.807, 2.05) is 17.9 Å². The molecule has 0 bridgehead atoms. The van der Waals surface area contributed by atoms with Crippen molar-refractivity contribution < 1.29 is 4.79 Å². The summed E-state index contributed by atoms with van der Waals surface area (Å²) in [6.45, 7) is 6.20. The van der Waals surface area contributed by atoms with Crippen LogP contribution in [0.1, 0.15) is 29.3 Å². The minimum atomic E-state index is 0.0655. The second-order valence-electron chi connectivity index (χ2n) is 5.45. The molecular formula is C14H19ClN2O. The van der Waals surface area contributed by atoms with Crippen molar-refractivity contribution in [2.45, 2.75) is 20.3 Å². The first-order chi connectivity index (χ1) is 8.45. The van der Waals surface area contributed by atoms with Crippen molar-refractivity contribution in [1.82, 2.24) is 4.90 Å². The quantitative estimate of drug-likeness (QED) is 0.894. The fourth-order valence-corrected chi connectivity index (χ4v) is 2.63. The molecule has 1 aromatic rings. The van der Waals surface area contributed by atoms with E-state index in [1.54, 1.807) is 12.1 Å². The number of halogens is 1. The number of hydrogen-bond acceptors (Lipinski definition) is 2. The van der Waals surface area contributed by atoms with E-state index in [0.29, 0.717) is 11.6 Å². The van der Waals surface area contributed by atoms with E-state index in [4.69, 9.17) is 17.3 Å². The molecule has 18 heavy (non-hydrogen) atoms. The van der Waals surface area contributed by atoms with Gasteiger partial charge in [0.25, 0.3) is 5.91 Å². The van der Waals surface area contributed by atoms with E-state index in [9.17, 15) is 4.79 Å². The number of likely N-dealkylation sites (tertiary alicyclic amines) is 1. The lowest BCUT2D eigenvalue weighted by Gasteiger charge is -2.23. The molecule has 0 saturated carbocycles. The number of carbonyl (C=O) groups is 1. The van der Waals surface area contributed by atoms with Gasteiger partial charge in [0.15, 0.2) is 0 Å². The summed E-state index contributed by atoms with van der Waals surface area (Å²) >= 11 is 5.91. The molecule has 4 heteroatoms. The van der Waals surface area contributed by atoms with Crippen LogP contribution in [0.15, 0.2) is 18.2 Å². The summed E-state index contributed by atoms with van der Waals surface area (Å²) in [5.41, 5.74) is 7.49. The molecule has 98 valence electrons. The predicted molar refractivity (Wildman–Crippen MR) is 73.9 cm³/mol. The van der Waals surface area contributed by atoms with Gasteiger partial charge in [0, 0.05) is 23.7 Å². The molecule has 1 fully saturated rings. The molecular weight excluding hydrogens is 248 g/mol. The molecule has 2 rings (SSSR count). The molecule has 1 atom stereocenters. The van der Waals surface area contributed by atoms with Crippen molar-refractivity contribution in [3.63, 3.8) is 0 Å². The average Bonchev–Trinajstić information content (AvgIpc) is 2.72. The molecule has 1 saturated heterocycles. The van der Waals surface area contributed by atoms with Crippen molar-refractivity contribution in [2.75, 3.05) is 19.6 Å². The maximum Gasteiger partial charge on any atom is 0.254 e. The van der Waals surface area contributed by atoms with E-state index >= 15 is 0 Å². The Kier molecular flexibility index (Phi) is 3.64. The minimum Gasteiger partial charge on any atom is -0.338 e. The molecule has 1 aromatic carbocycles. The minimum absolute atomic E-state index is 0.0655. The van der Waals surface area contributed by atoms with Crippen molar-refractivity contribution in [3.8, 4) is 0 Å². The van der Waals surface area contributed by atoms with Crippen LogP contribution in [0.2, 0.25) is 5.02 Å². The zero-order chi connectivity index (χ0) is 13.3. The van der Waals surface area contributed by atoms with Crippen molar-refractivity contribution in [1.29, 1.82) is 0 Å². The first-order valence-corrected chi connectivity index (χ1v) is 6.58. The van der Waals surface area contributed by atoms with E-state index in [1.165, 1.54) is 0 Å². The van der Waals surface area contributed by atoms with Gasteiger partial charge in [-0.15, -0.1) is 0 Å². The summed E-state index contributed by atoms with van der Waals surface area (Å²) in [5.74, 6) is 0.0846. The Balaban J connectivity index is 2.18. The highest BCUT2D eigenvalue weighted by molar-refractivity contribution is 6.30. The molecule has 1 heterocycles. The van der Waals surface area contributed by atoms with Crippen LogP contribution >= 0.6 is 11.6 Å². The number of amides is 1. The molecule has 0 spiro atoms. The highest BCUT2D eigenvalue weighted by Gasteiger charge is 2.35. The van der Waals surface area contributed by atoms with Gasteiger partial charge in [0.05, 0.1) is 0 Å². The van der Waals surface area contributed by atoms with Crippen LogP contribution in [-0.4, -0.2) is 30.4 Å². The van der Waals surface area contributed by atoms with Gasteiger partial charge in [0.1, 0.15) is 0 Å². The maximum atomic E-state index is 12.4.